The van der Waals surface area contributed by atoms with Gasteiger partial charge >= 0.3 is 5.97 Å². The number of rotatable bonds is 2. The molecule has 1 aliphatic heterocycles. The Labute approximate surface area is 95.8 Å². The van der Waals surface area contributed by atoms with Crippen LogP contribution in [-0.4, -0.2) is 18.6 Å². The van der Waals surface area contributed by atoms with Gasteiger partial charge in [0.05, 0.1) is 12.3 Å². The first-order valence-corrected chi connectivity index (χ1v) is 5.83. The Morgan fingerprint density at radius 1 is 1.56 bits per heavy atom. The molecule has 0 fully saturated rings. The van der Waals surface area contributed by atoms with Crippen molar-refractivity contribution in [3.05, 3.63) is 11.3 Å². The summed E-state index contributed by atoms with van der Waals surface area (Å²) >= 11 is 0. The number of esters is 1. The van der Waals surface area contributed by atoms with Crippen LogP contribution in [0.3, 0.4) is 0 Å². The van der Waals surface area contributed by atoms with Gasteiger partial charge in [-0.2, -0.15) is 10.2 Å². The Morgan fingerprint density at radius 3 is 3.00 bits per heavy atom. The van der Waals surface area contributed by atoms with E-state index < -0.39 is 6.04 Å². The van der Waals surface area contributed by atoms with Crippen LogP contribution in [0.25, 0.3) is 0 Å². The topological polar surface area (TPSA) is 51.0 Å². The third kappa shape index (κ3) is 2.01. The van der Waals surface area contributed by atoms with E-state index in [9.17, 15) is 4.79 Å². The highest BCUT2D eigenvalue weighted by molar-refractivity contribution is 5.80. The number of allylic oxidation sites excluding steroid dienone is 1. The molecule has 0 saturated heterocycles. The Kier molecular flexibility index (Phi) is 2.82. The molecule has 16 heavy (non-hydrogen) atoms. The number of hydrogen-bond acceptors (Lipinski definition) is 4. The molecule has 4 nitrogen and oxygen atoms in total. The van der Waals surface area contributed by atoms with Crippen LogP contribution in [0.1, 0.15) is 40.0 Å². The van der Waals surface area contributed by atoms with Gasteiger partial charge < -0.3 is 4.74 Å². The second-order valence-corrected chi connectivity index (χ2v) is 5.18. The Hall–Kier alpha value is -1.19. The molecule has 0 bridgehead atoms. The summed E-state index contributed by atoms with van der Waals surface area (Å²) in [7, 11) is 0. The molecule has 0 aromatic heterocycles. The second-order valence-electron chi connectivity index (χ2n) is 5.18. The van der Waals surface area contributed by atoms with Crippen LogP contribution >= 0.6 is 0 Å². The highest BCUT2D eigenvalue weighted by Gasteiger charge is 2.38. The zero-order valence-electron chi connectivity index (χ0n) is 10.1. The highest BCUT2D eigenvalue weighted by atomic mass is 16.5. The van der Waals surface area contributed by atoms with Gasteiger partial charge in [-0.05, 0) is 37.2 Å². The molecular formula is C12H18N2O2. The normalized spacial score (nSPS) is 26.8. The van der Waals surface area contributed by atoms with E-state index in [-0.39, 0.29) is 11.4 Å². The third-order valence-electron chi connectivity index (χ3n) is 3.21. The largest absolute Gasteiger partial charge is 0.464 e. The molecule has 1 atom stereocenters. The van der Waals surface area contributed by atoms with Crippen LogP contribution in [-0.2, 0) is 9.53 Å². The van der Waals surface area contributed by atoms with Crippen molar-refractivity contribution in [3.63, 3.8) is 0 Å². The van der Waals surface area contributed by atoms with Crippen LogP contribution < -0.4 is 0 Å². The average molecular weight is 222 g/mol. The van der Waals surface area contributed by atoms with Crippen LogP contribution in [0.4, 0.5) is 0 Å². The summed E-state index contributed by atoms with van der Waals surface area (Å²) in [5.74, 6) is -0.256. The lowest BCUT2D eigenvalue weighted by atomic mass is 9.75. The minimum absolute atomic E-state index is 0.249. The van der Waals surface area contributed by atoms with Crippen LogP contribution in [0.2, 0.25) is 0 Å². The molecule has 0 radical (unpaired) electrons. The fourth-order valence-electron chi connectivity index (χ4n) is 2.30. The first kappa shape index (κ1) is 11.3. The van der Waals surface area contributed by atoms with Gasteiger partial charge in [0.15, 0.2) is 6.04 Å². The summed E-state index contributed by atoms with van der Waals surface area (Å²) in [4.78, 5) is 11.7. The molecule has 0 aromatic carbocycles. The molecular weight excluding hydrogens is 204 g/mol. The Balaban J connectivity index is 2.17. The second kappa shape index (κ2) is 4.00. The molecule has 2 aliphatic rings. The monoisotopic (exact) mass is 222 g/mol. The predicted molar refractivity (Wildman–Crippen MR) is 59.9 cm³/mol. The van der Waals surface area contributed by atoms with E-state index in [1.54, 1.807) is 0 Å². The molecule has 0 N–H and O–H groups in total. The van der Waals surface area contributed by atoms with E-state index in [1.807, 2.05) is 6.92 Å². The maximum atomic E-state index is 11.7. The highest BCUT2D eigenvalue weighted by Crippen LogP contribution is 2.43. The maximum Gasteiger partial charge on any atom is 0.337 e. The van der Waals surface area contributed by atoms with Gasteiger partial charge in [0.2, 0.25) is 0 Å². The van der Waals surface area contributed by atoms with Crippen molar-refractivity contribution in [2.24, 2.45) is 15.6 Å². The first-order chi connectivity index (χ1) is 7.53. The molecule has 88 valence electrons. The molecule has 0 amide bonds. The standard InChI is InChI=1S/C12H18N2O2/c1-4-16-11(15)10-8-7-12(2,3)6-5-9(8)13-14-10/h10H,4-7H2,1-3H3/t10-/m1/s1. The Morgan fingerprint density at radius 2 is 2.31 bits per heavy atom. The van der Waals surface area contributed by atoms with Crippen LogP contribution in [0.15, 0.2) is 21.5 Å². The van der Waals surface area contributed by atoms with Gasteiger partial charge in [0.25, 0.3) is 0 Å². The summed E-state index contributed by atoms with van der Waals surface area (Å²) in [5.41, 5.74) is 2.34. The molecule has 0 aromatic rings. The van der Waals surface area contributed by atoms with Gasteiger partial charge in [-0.1, -0.05) is 13.8 Å². The number of nitrogens with zero attached hydrogens (tertiary/aromatic N) is 2. The molecule has 1 aliphatic carbocycles. The van der Waals surface area contributed by atoms with Gasteiger partial charge in [0.1, 0.15) is 0 Å². The quantitative estimate of drug-likeness (QED) is 0.674. The molecule has 0 saturated carbocycles. The van der Waals surface area contributed by atoms with Crippen molar-refractivity contribution >= 4 is 5.97 Å². The summed E-state index contributed by atoms with van der Waals surface area (Å²) in [6, 6.07) is -0.463. The lowest BCUT2D eigenvalue weighted by Crippen LogP contribution is -2.27. The maximum absolute atomic E-state index is 11.7. The van der Waals surface area contributed by atoms with Crippen molar-refractivity contribution in [1.29, 1.82) is 0 Å². The van der Waals surface area contributed by atoms with Crippen LogP contribution in [0.5, 0.6) is 0 Å². The zero-order chi connectivity index (χ0) is 11.8. The molecule has 1 heterocycles. The average Bonchev–Trinajstić information content (AvgIpc) is 2.59. The number of azo groups is 1. The lowest BCUT2D eigenvalue weighted by Gasteiger charge is -2.30. The molecule has 4 heteroatoms. The van der Waals surface area contributed by atoms with E-state index in [2.05, 4.69) is 24.1 Å². The number of hydrogen-bond donors (Lipinski definition) is 0. The third-order valence-corrected chi connectivity index (χ3v) is 3.21. The van der Waals surface area contributed by atoms with Crippen molar-refractivity contribution in [3.8, 4) is 0 Å². The van der Waals surface area contributed by atoms with E-state index in [0.29, 0.717) is 6.61 Å². The van der Waals surface area contributed by atoms with E-state index in [1.165, 1.54) is 0 Å². The van der Waals surface area contributed by atoms with Gasteiger partial charge in [-0.25, -0.2) is 4.79 Å². The number of ether oxygens (including phenoxy) is 1. The van der Waals surface area contributed by atoms with E-state index in [4.69, 9.17) is 4.74 Å². The summed E-state index contributed by atoms with van der Waals surface area (Å²) in [5, 5.41) is 8.15. The van der Waals surface area contributed by atoms with Crippen LogP contribution in [0, 0.1) is 5.41 Å². The summed E-state index contributed by atoms with van der Waals surface area (Å²) in [6.07, 6.45) is 2.95. The van der Waals surface area contributed by atoms with Crippen molar-refractivity contribution in [1.82, 2.24) is 0 Å². The fraction of sp³-hybridized carbons (Fsp3) is 0.750. The molecule has 2 rings (SSSR count). The van der Waals surface area contributed by atoms with E-state index >= 15 is 0 Å². The fourth-order valence-corrected chi connectivity index (χ4v) is 2.30. The smallest absolute Gasteiger partial charge is 0.337 e. The van der Waals surface area contributed by atoms with Crippen molar-refractivity contribution < 1.29 is 9.53 Å². The summed E-state index contributed by atoms with van der Waals surface area (Å²) < 4.78 is 5.02. The van der Waals surface area contributed by atoms with Gasteiger partial charge in [-0.3, -0.25) is 0 Å². The number of carbonyl (C=O) groups is 1. The SMILES string of the molecule is CCOC(=O)[C@@H]1N=NC2=C1CC(C)(C)CC2. The Bertz CT molecular complexity index is 369. The van der Waals surface area contributed by atoms with Crippen molar-refractivity contribution in [2.45, 2.75) is 46.1 Å². The van der Waals surface area contributed by atoms with Crippen molar-refractivity contribution in [2.75, 3.05) is 6.61 Å². The minimum atomic E-state index is -0.463. The summed E-state index contributed by atoms with van der Waals surface area (Å²) in [6.45, 7) is 6.65. The molecule has 0 spiro atoms. The lowest BCUT2D eigenvalue weighted by molar-refractivity contribution is -0.143. The number of carbonyl (C=O) groups excluding carboxylic acids is 1. The van der Waals surface area contributed by atoms with E-state index in [0.717, 1.165) is 30.5 Å². The van der Waals surface area contributed by atoms with Gasteiger partial charge in [0, 0.05) is 0 Å². The molecule has 0 unspecified atom stereocenters. The minimum Gasteiger partial charge on any atom is -0.464 e. The predicted octanol–water partition coefficient (Wildman–Crippen LogP) is 2.85. The first-order valence-electron chi connectivity index (χ1n) is 5.83. The zero-order valence-corrected chi connectivity index (χ0v) is 10.1. The van der Waals surface area contributed by atoms with Gasteiger partial charge in [-0.15, -0.1) is 0 Å².